The zero-order valence-corrected chi connectivity index (χ0v) is 18.1. The summed E-state index contributed by atoms with van der Waals surface area (Å²) in [6, 6.07) is 13.9. The number of rotatable bonds is 11. The van der Waals surface area contributed by atoms with Gasteiger partial charge in [-0.05, 0) is 42.8 Å². The van der Waals surface area contributed by atoms with Crippen LogP contribution in [0.25, 0.3) is 11.3 Å². The standard InChI is InChI=1S/C24H28FN3OS/c1-2-3-4-5-6-7-11-23(29)26-21-10-8-9-18(16-21)22-17-30-24(28-22)27-20-14-12-19(25)13-15-20/h8-10,12-17H,2-7,11H2,1H3,(H,26,29)(H,27,28). The molecule has 0 atom stereocenters. The zero-order chi connectivity index (χ0) is 21.2. The molecule has 0 bridgehead atoms. The van der Waals surface area contributed by atoms with E-state index in [4.69, 9.17) is 0 Å². The fourth-order valence-electron chi connectivity index (χ4n) is 3.17. The van der Waals surface area contributed by atoms with Crippen LogP contribution < -0.4 is 10.6 Å². The molecule has 1 amide bonds. The van der Waals surface area contributed by atoms with Crippen molar-refractivity contribution in [2.75, 3.05) is 10.6 Å². The van der Waals surface area contributed by atoms with E-state index in [0.29, 0.717) is 6.42 Å². The van der Waals surface area contributed by atoms with E-state index in [2.05, 4.69) is 22.5 Å². The highest BCUT2D eigenvalue weighted by molar-refractivity contribution is 7.14. The quantitative estimate of drug-likeness (QED) is 0.315. The molecule has 30 heavy (non-hydrogen) atoms. The van der Waals surface area contributed by atoms with Crippen molar-refractivity contribution >= 4 is 33.8 Å². The smallest absolute Gasteiger partial charge is 0.224 e. The molecule has 0 aliphatic carbocycles. The van der Waals surface area contributed by atoms with Gasteiger partial charge in [0, 0.05) is 28.7 Å². The molecule has 3 rings (SSSR count). The van der Waals surface area contributed by atoms with Crippen LogP contribution in [0.15, 0.2) is 53.9 Å². The summed E-state index contributed by atoms with van der Waals surface area (Å²) < 4.78 is 13.0. The number of carbonyl (C=O) groups is 1. The third kappa shape index (κ3) is 6.95. The van der Waals surface area contributed by atoms with Crippen molar-refractivity contribution in [3.8, 4) is 11.3 Å². The van der Waals surface area contributed by atoms with Gasteiger partial charge in [0.1, 0.15) is 5.82 Å². The summed E-state index contributed by atoms with van der Waals surface area (Å²) in [5.74, 6) is -0.213. The van der Waals surface area contributed by atoms with Crippen LogP contribution in [0.3, 0.4) is 0 Å². The molecule has 2 N–H and O–H groups in total. The Kier molecular flexibility index (Phi) is 8.39. The van der Waals surface area contributed by atoms with Gasteiger partial charge in [0.2, 0.25) is 5.91 Å². The number of hydrogen-bond donors (Lipinski definition) is 2. The Morgan fingerprint density at radius 3 is 2.57 bits per heavy atom. The Hall–Kier alpha value is -2.73. The van der Waals surface area contributed by atoms with Crippen molar-refractivity contribution in [3.63, 3.8) is 0 Å². The molecule has 3 aromatic rings. The van der Waals surface area contributed by atoms with E-state index in [0.717, 1.165) is 40.6 Å². The lowest BCUT2D eigenvalue weighted by Crippen LogP contribution is -2.11. The van der Waals surface area contributed by atoms with E-state index in [-0.39, 0.29) is 11.7 Å². The fraction of sp³-hybridized carbons (Fsp3) is 0.333. The molecule has 0 radical (unpaired) electrons. The molecule has 0 aliphatic rings. The van der Waals surface area contributed by atoms with Gasteiger partial charge in [0.05, 0.1) is 5.69 Å². The molecule has 0 aliphatic heterocycles. The number of anilines is 3. The Bertz CT molecular complexity index is 940. The van der Waals surface area contributed by atoms with Crippen LogP contribution in [0.5, 0.6) is 0 Å². The summed E-state index contributed by atoms with van der Waals surface area (Å²) >= 11 is 1.48. The molecular formula is C24H28FN3OS. The highest BCUT2D eigenvalue weighted by atomic mass is 32.1. The van der Waals surface area contributed by atoms with Crippen LogP contribution in [0.1, 0.15) is 51.9 Å². The predicted octanol–water partition coefficient (Wildman–Crippen LogP) is 7.38. The molecule has 0 saturated carbocycles. The lowest BCUT2D eigenvalue weighted by molar-refractivity contribution is -0.116. The molecule has 158 valence electrons. The highest BCUT2D eigenvalue weighted by Gasteiger charge is 2.08. The predicted molar refractivity (Wildman–Crippen MR) is 124 cm³/mol. The van der Waals surface area contributed by atoms with Gasteiger partial charge >= 0.3 is 0 Å². The topological polar surface area (TPSA) is 54.0 Å². The number of nitrogens with one attached hydrogen (secondary N) is 2. The van der Waals surface area contributed by atoms with Gasteiger partial charge in [-0.3, -0.25) is 4.79 Å². The van der Waals surface area contributed by atoms with Crippen LogP contribution in [0.2, 0.25) is 0 Å². The maximum atomic E-state index is 13.0. The van der Waals surface area contributed by atoms with Gasteiger partial charge < -0.3 is 10.6 Å². The number of aromatic nitrogens is 1. The van der Waals surface area contributed by atoms with Gasteiger partial charge in [-0.2, -0.15) is 0 Å². The second-order valence-corrected chi connectivity index (χ2v) is 8.17. The van der Waals surface area contributed by atoms with Crippen LogP contribution in [0, 0.1) is 5.82 Å². The van der Waals surface area contributed by atoms with Gasteiger partial charge in [-0.25, -0.2) is 9.37 Å². The minimum Gasteiger partial charge on any atom is -0.332 e. The van der Waals surface area contributed by atoms with Crippen molar-refractivity contribution in [2.45, 2.75) is 51.9 Å². The van der Waals surface area contributed by atoms with E-state index >= 15 is 0 Å². The third-order valence-corrected chi connectivity index (χ3v) is 5.56. The molecule has 1 heterocycles. The number of halogens is 1. The summed E-state index contributed by atoms with van der Waals surface area (Å²) in [6.07, 6.45) is 7.56. The first kappa shape index (κ1) is 22.0. The maximum Gasteiger partial charge on any atom is 0.224 e. The summed E-state index contributed by atoms with van der Waals surface area (Å²) in [6.45, 7) is 2.20. The molecule has 0 fully saturated rings. The first-order valence-electron chi connectivity index (χ1n) is 10.5. The largest absolute Gasteiger partial charge is 0.332 e. The first-order valence-corrected chi connectivity index (χ1v) is 11.4. The van der Waals surface area contributed by atoms with Gasteiger partial charge in [0.15, 0.2) is 5.13 Å². The van der Waals surface area contributed by atoms with Crippen LogP contribution in [0.4, 0.5) is 20.9 Å². The third-order valence-electron chi connectivity index (χ3n) is 4.80. The first-order chi connectivity index (χ1) is 14.6. The summed E-state index contributed by atoms with van der Waals surface area (Å²) in [4.78, 5) is 16.8. The van der Waals surface area contributed by atoms with Gasteiger partial charge in [0.25, 0.3) is 0 Å². The van der Waals surface area contributed by atoms with Crippen molar-refractivity contribution in [2.24, 2.45) is 0 Å². The monoisotopic (exact) mass is 425 g/mol. The lowest BCUT2D eigenvalue weighted by Gasteiger charge is -2.07. The van der Waals surface area contributed by atoms with E-state index in [1.807, 2.05) is 29.6 Å². The maximum absolute atomic E-state index is 13.0. The van der Waals surface area contributed by atoms with Gasteiger partial charge in [-0.1, -0.05) is 51.2 Å². The van der Waals surface area contributed by atoms with E-state index in [1.165, 1.54) is 49.2 Å². The molecular weight excluding hydrogens is 397 g/mol. The highest BCUT2D eigenvalue weighted by Crippen LogP contribution is 2.28. The Morgan fingerprint density at radius 2 is 1.77 bits per heavy atom. The fourth-order valence-corrected chi connectivity index (χ4v) is 3.91. The molecule has 0 spiro atoms. The van der Waals surface area contributed by atoms with Crippen LogP contribution in [-0.4, -0.2) is 10.9 Å². The lowest BCUT2D eigenvalue weighted by atomic mass is 10.1. The van der Waals surface area contributed by atoms with Crippen LogP contribution in [-0.2, 0) is 4.79 Å². The van der Waals surface area contributed by atoms with Gasteiger partial charge in [-0.15, -0.1) is 11.3 Å². The minimum atomic E-state index is -0.268. The zero-order valence-electron chi connectivity index (χ0n) is 17.3. The SMILES string of the molecule is CCCCCCCCC(=O)Nc1cccc(-c2csc(Nc3ccc(F)cc3)n2)c1. The summed E-state index contributed by atoms with van der Waals surface area (Å²) in [5.41, 5.74) is 3.34. The molecule has 1 aromatic heterocycles. The number of thiazole rings is 1. The summed E-state index contributed by atoms with van der Waals surface area (Å²) in [7, 11) is 0. The molecule has 6 heteroatoms. The number of benzene rings is 2. The molecule has 4 nitrogen and oxygen atoms in total. The average molecular weight is 426 g/mol. The van der Waals surface area contributed by atoms with Crippen molar-refractivity contribution in [1.29, 1.82) is 0 Å². The normalized spacial score (nSPS) is 10.7. The molecule has 2 aromatic carbocycles. The number of amides is 1. The number of nitrogens with zero attached hydrogens (tertiary/aromatic N) is 1. The number of hydrogen-bond acceptors (Lipinski definition) is 4. The number of carbonyl (C=O) groups excluding carboxylic acids is 1. The second-order valence-electron chi connectivity index (χ2n) is 7.32. The van der Waals surface area contributed by atoms with Crippen molar-refractivity contribution in [1.82, 2.24) is 4.98 Å². The average Bonchev–Trinajstić information content (AvgIpc) is 3.21. The Balaban J connectivity index is 1.53. The summed E-state index contributed by atoms with van der Waals surface area (Å²) in [5, 5.41) is 8.86. The minimum absolute atomic E-state index is 0.0552. The van der Waals surface area contributed by atoms with E-state index < -0.39 is 0 Å². The van der Waals surface area contributed by atoms with E-state index in [9.17, 15) is 9.18 Å². The Morgan fingerprint density at radius 1 is 1.00 bits per heavy atom. The van der Waals surface area contributed by atoms with Crippen molar-refractivity contribution in [3.05, 3.63) is 59.7 Å². The molecule has 0 unspecified atom stereocenters. The van der Waals surface area contributed by atoms with Crippen molar-refractivity contribution < 1.29 is 9.18 Å². The van der Waals surface area contributed by atoms with E-state index in [1.54, 1.807) is 12.1 Å². The molecule has 0 saturated heterocycles. The van der Waals surface area contributed by atoms with Crippen LogP contribution >= 0.6 is 11.3 Å². The second kappa shape index (κ2) is 11.5. The number of unbranched alkanes of at least 4 members (excludes halogenated alkanes) is 5. The Labute approximate surface area is 181 Å².